The first kappa shape index (κ1) is 16.4. The number of nitrogens with zero attached hydrogens (tertiary/aromatic N) is 3. The van der Waals surface area contributed by atoms with Gasteiger partial charge in [0.05, 0.1) is 33.4 Å². The molecular weight excluding hydrogens is 343 g/mol. The molecule has 0 atom stereocenters. The van der Waals surface area contributed by atoms with Crippen LogP contribution in [0, 0.1) is 0 Å². The van der Waals surface area contributed by atoms with Gasteiger partial charge in [0.25, 0.3) is 5.56 Å². The number of aryl methyl sites for hydroxylation is 1. The van der Waals surface area contributed by atoms with Crippen LogP contribution in [0.4, 0.5) is 13.2 Å². The largest absolute Gasteiger partial charge is 0.417 e. The van der Waals surface area contributed by atoms with Crippen molar-refractivity contribution in [3.63, 3.8) is 0 Å². The van der Waals surface area contributed by atoms with Crippen molar-refractivity contribution >= 4 is 22.5 Å². The number of fused-ring (bicyclic) bond motifs is 1. The molecule has 0 unspecified atom stereocenters. The first-order valence-corrected chi connectivity index (χ1v) is 7.43. The van der Waals surface area contributed by atoms with E-state index in [2.05, 4.69) is 9.97 Å². The quantitative estimate of drug-likeness (QED) is 0.699. The Kier molecular flexibility index (Phi) is 4.04. The van der Waals surface area contributed by atoms with E-state index in [1.807, 2.05) is 0 Å². The molecule has 0 aliphatic heterocycles. The fraction of sp³-hybridized carbons (Fsp3) is 0.188. The van der Waals surface area contributed by atoms with E-state index in [0.29, 0.717) is 24.0 Å². The highest BCUT2D eigenvalue weighted by molar-refractivity contribution is 6.35. The van der Waals surface area contributed by atoms with Crippen LogP contribution in [0.25, 0.3) is 16.6 Å². The van der Waals surface area contributed by atoms with Crippen molar-refractivity contribution in [2.45, 2.75) is 19.5 Å². The summed E-state index contributed by atoms with van der Waals surface area (Å²) in [4.78, 5) is 20.8. The van der Waals surface area contributed by atoms with Crippen LogP contribution in [-0.2, 0) is 12.6 Å². The lowest BCUT2D eigenvalue weighted by Crippen LogP contribution is -2.24. The lowest BCUT2D eigenvalue weighted by molar-refractivity contribution is -0.137. The van der Waals surface area contributed by atoms with Gasteiger partial charge in [-0.2, -0.15) is 13.2 Å². The number of hydrogen-bond donors (Lipinski definition) is 0. The number of alkyl halides is 3. The topological polar surface area (TPSA) is 47.8 Å². The Hall–Kier alpha value is -2.41. The fourth-order valence-electron chi connectivity index (χ4n) is 2.44. The molecule has 124 valence electrons. The Labute approximate surface area is 139 Å². The summed E-state index contributed by atoms with van der Waals surface area (Å²) in [7, 11) is 0. The van der Waals surface area contributed by atoms with Crippen molar-refractivity contribution in [1.29, 1.82) is 0 Å². The van der Waals surface area contributed by atoms with E-state index >= 15 is 0 Å². The molecule has 4 nitrogen and oxygen atoms in total. The molecule has 1 aromatic carbocycles. The summed E-state index contributed by atoms with van der Waals surface area (Å²) in [6, 6.07) is 5.70. The average Bonchev–Trinajstić information content (AvgIpc) is 2.53. The highest BCUT2D eigenvalue weighted by Crippen LogP contribution is 2.30. The lowest BCUT2D eigenvalue weighted by atomic mass is 10.2. The van der Waals surface area contributed by atoms with Gasteiger partial charge in [-0.25, -0.2) is 4.98 Å². The Balaban J connectivity index is 2.36. The van der Waals surface area contributed by atoms with Crippen molar-refractivity contribution in [1.82, 2.24) is 14.5 Å². The van der Waals surface area contributed by atoms with Crippen molar-refractivity contribution in [3.8, 4) is 5.69 Å². The summed E-state index contributed by atoms with van der Waals surface area (Å²) in [6.45, 7) is 1.76. The highest BCUT2D eigenvalue weighted by atomic mass is 35.5. The van der Waals surface area contributed by atoms with Gasteiger partial charge in [0.1, 0.15) is 5.82 Å². The van der Waals surface area contributed by atoms with Crippen LogP contribution >= 0.6 is 11.6 Å². The molecule has 0 fully saturated rings. The van der Waals surface area contributed by atoms with E-state index in [-0.39, 0.29) is 16.1 Å². The number of benzene rings is 1. The summed E-state index contributed by atoms with van der Waals surface area (Å²) in [6.07, 6.45) is -2.30. The Morgan fingerprint density at radius 2 is 2.00 bits per heavy atom. The zero-order chi connectivity index (χ0) is 17.5. The van der Waals surface area contributed by atoms with Crippen LogP contribution in [0.5, 0.6) is 0 Å². The van der Waals surface area contributed by atoms with Crippen LogP contribution in [0.2, 0.25) is 5.02 Å². The summed E-state index contributed by atoms with van der Waals surface area (Å²) in [5.74, 6) is 0.330. The van der Waals surface area contributed by atoms with E-state index in [9.17, 15) is 18.0 Å². The zero-order valence-electron chi connectivity index (χ0n) is 12.4. The molecule has 8 heteroatoms. The molecule has 0 bridgehead atoms. The summed E-state index contributed by atoms with van der Waals surface area (Å²) < 4.78 is 39.9. The van der Waals surface area contributed by atoms with Gasteiger partial charge in [0.2, 0.25) is 0 Å². The molecular formula is C16H11ClF3N3O. The Morgan fingerprint density at radius 1 is 1.25 bits per heavy atom. The molecule has 0 radical (unpaired) electrons. The number of pyridine rings is 1. The van der Waals surface area contributed by atoms with Gasteiger partial charge in [-0.15, -0.1) is 0 Å². The minimum atomic E-state index is -4.55. The fourth-order valence-corrected chi connectivity index (χ4v) is 2.69. The second-order valence-electron chi connectivity index (χ2n) is 5.09. The minimum absolute atomic E-state index is 0.000921. The maximum absolute atomic E-state index is 12.9. The molecule has 3 rings (SSSR count). The Bertz CT molecular complexity index is 982. The predicted molar refractivity (Wildman–Crippen MR) is 84.5 cm³/mol. The smallest absolute Gasteiger partial charge is 0.268 e. The maximum Gasteiger partial charge on any atom is 0.417 e. The van der Waals surface area contributed by atoms with Gasteiger partial charge in [-0.05, 0) is 18.2 Å². The molecule has 0 saturated heterocycles. The second kappa shape index (κ2) is 5.90. The van der Waals surface area contributed by atoms with E-state index < -0.39 is 17.3 Å². The van der Waals surface area contributed by atoms with Crippen LogP contribution in [0.15, 0.2) is 41.5 Å². The molecule has 0 N–H and O–H groups in total. The molecule has 2 aromatic heterocycles. The maximum atomic E-state index is 12.9. The second-order valence-corrected chi connectivity index (χ2v) is 5.49. The SMILES string of the molecule is CCc1nc2cccc(Cl)c2c(=O)n1-c1cncc(C(F)(F)F)c1. The predicted octanol–water partition coefficient (Wildman–Crippen LogP) is 4.02. The van der Waals surface area contributed by atoms with Crippen LogP contribution < -0.4 is 5.56 Å². The van der Waals surface area contributed by atoms with Gasteiger partial charge in [0, 0.05) is 12.6 Å². The summed E-state index contributed by atoms with van der Waals surface area (Å²) >= 11 is 6.07. The molecule has 0 aliphatic rings. The van der Waals surface area contributed by atoms with Gasteiger partial charge in [-0.3, -0.25) is 14.3 Å². The Morgan fingerprint density at radius 3 is 2.67 bits per heavy atom. The highest BCUT2D eigenvalue weighted by Gasteiger charge is 2.31. The normalized spacial score (nSPS) is 11.9. The van der Waals surface area contributed by atoms with Crippen molar-refractivity contribution in [2.75, 3.05) is 0 Å². The first-order valence-electron chi connectivity index (χ1n) is 7.05. The molecule has 3 aromatic rings. The molecule has 0 saturated carbocycles. The van der Waals surface area contributed by atoms with Crippen molar-refractivity contribution < 1.29 is 13.2 Å². The van der Waals surface area contributed by atoms with Crippen LogP contribution in [0.3, 0.4) is 0 Å². The lowest BCUT2D eigenvalue weighted by Gasteiger charge is -2.14. The molecule has 24 heavy (non-hydrogen) atoms. The molecule has 0 spiro atoms. The number of halogens is 4. The van der Waals surface area contributed by atoms with Gasteiger partial charge in [0.15, 0.2) is 0 Å². The molecule has 0 amide bonds. The van der Waals surface area contributed by atoms with E-state index in [4.69, 9.17) is 11.6 Å². The third kappa shape index (κ3) is 2.75. The van der Waals surface area contributed by atoms with E-state index in [0.717, 1.165) is 10.6 Å². The monoisotopic (exact) mass is 353 g/mol. The van der Waals surface area contributed by atoms with Gasteiger partial charge in [-0.1, -0.05) is 24.6 Å². The molecule has 0 aliphatic carbocycles. The number of aromatic nitrogens is 3. The van der Waals surface area contributed by atoms with Gasteiger partial charge >= 0.3 is 6.18 Å². The van der Waals surface area contributed by atoms with Crippen molar-refractivity contribution in [3.05, 3.63) is 63.4 Å². The number of rotatable bonds is 2. The minimum Gasteiger partial charge on any atom is -0.268 e. The standard InChI is InChI=1S/C16H11ClF3N3O/c1-2-13-22-12-5-3-4-11(17)14(12)15(24)23(13)10-6-9(7-21-8-10)16(18,19)20/h3-8H,2H2,1H3. The van der Waals surface area contributed by atoms with Crippen LogP contribution in [0.1, 0.15) is 18.3 Å². The van der Waals surface area contributed by atoms with Crippen molar-refractivity contribution in [2.24, 2.45) is 0 Å². The number of hydrogen-bond acceptors (Lipinski definition) is 3. The summed E-state index contributed by atoms with van der Waals surface area (Å²) in [5.41, 5.74) is -1.06. The van der Waals surface area contributed by atoms with E-state index in [1.165, 1.54) is 12.3 Å². The van der Waals surface area contributed by atoms with Gasteiger partial charge < -0.3 is 0 Å². The third-order valence-electron chi connectivity index (χ3n) is 3.54. The van der Waals surface area contributed by atoms with E-state index in [1.54, 1.807) is 19.1 Å². The zero-order valence-corrected chi connectivity index (χ0v) is 13.2. The van der Waals surface area contributed by atoms with Crippen LogP contribution in [-0.4, -0.2) is 14.5 Å². The molecule has 2 heterocycles. The average molecular weight is 354 g/mol. The summed E-state index contributed by atoms with van der Waals surface area (Å²) in [5, 5.41) is 0.357. The first-order chi connectivity index (χ1) is 11.3. The third-order valence-corrected chi connectivity index (χ3v) is 3.86.